The van der Waals surface area contributed by atoms with Gasteiger partial charge in [0, 0.05) is 19.2 Å². The van der Waals surface area contributed by atoms with Crippen LogP contribution in [0.15, 0.2) is 35.1 Å². The average Bonchev–Trinajstić information content (AvgIpc) is 2.98. The molecule has 1 amide bonds. The number of furan rings is 1. The molecule has 0 fully saturated rings. The van der Waals surface area contributed by atoms with Crippen molar-refractivity contribution in [3.63, 3.8) is 0 Å². The van der Waals surface area contributed by atoms with E-state index in [1.54, 1.807) is 22.9 Å². The number of carbonyl (C=O) groups excluding carboxylic acids is 3. The third-order valence-electron chi connectivity index (χ3n) is 2.52. The van der Waals surface area contributed by atoms with E-state index < -0.39 is 12.1 Å². The molecule has 0 saturated carbocycles. The van der Waals surface area contributed by atoms with E-state index >= 15 is 0 Å². The lowest BCUT2D eigenvalue weighted by Gasteiger charge is -2.06. The van der Waals surface area contributed by atoms with Gasteiger partial charge < -0.3 is 13.7 Å². The summed E-state index contributed by atoms with van der Waals surface area (Å²) in [5.74, 6) is -0.272. The molecule has 1 N–H and O–H groups in total. The van der Waals surface area contributed by atoms with Crippen LogP contribution in [0.1, 0.15) is 23.2 Å². The molecule has 104 valence electrons. The van der Waals surface area contributed by atoms with E-state index in [1.807, 2.05) is 0 Å². The zero-order chi connectivity index (χ0) is 14.5. The SMILES string of the molecule is CC(=O)OC(=O)Nc1ccoc1Cn1cccc1C=O. The van der Waals surface area contributed by atoms with Gasteiger partial charge in [-0.25, -0.2) is 4.79 Å². The van der Waals surface area contributed by atoms with Crippen LogP contribution in [0.2, 0.25) is 0 Å². The second-order valence-corrected chi connectivity index (χ2v) is 3.94. The molecule has 2 aromatic heterocycles. The Morgan fingerprint density at radius 1 is 1.45 bits per heavy atom. The predicted octanol–water partition coefficient (Wildman–Crippen LogP) is 2.04. The van der Waals surface area contributed by atoms with Gasteiger partial charge in [-0.1, -0.05) is 0 Å². The van der Waals surface area contributed by atoms with E-state index in [0.717, 1.165) is 13.2 Å². The second kappa shape index (κ2) is 5.87. The molecule has 2 heterocycles. The molecule has 0 aliphatic carbocycles. The summed E-state index contributed by atoms with van der Waals surface area (Å²) in [5, 5.41) is 2.39. The van der Waals surface area contributed by atoms with Crippen LogP contribution in [-0.2, 0) is 16.1 Å². The molecular weight excluding hydrogens is 264 g/mol. The minimum atomic E-state index is -0.886. The number of ether oxygens (including phenoxy) is 1. The lowest BCUT2D eigenvalue weighted by Crippen LogP contribution is -2.17. The average molecular weight is 276 g/mol. The molecule has 0 aliphatic rings. The monoisotopic (exact) mass is 276 g/mol. The van der Waals surface area contributed by atoms with E-state index in [4.69, 9.17) is 4.42 Å². The Morgan fingerprint density at radius 2 is 2.25 bits per heavy atom. The summed E-state index contributed by atoms with van der Waals surface area (Å²) >= 11 is 0. The number of esters is 1. The van der Waals surface area contributed by atoms with Gasteiger partial charge in [-0.05, 0) is 12.1 Å². The number of nitrogens with zero attached hydrogens (tertiary/aromatic N) is 1. The minimum Gasteiger partial charge on any atom is -0.465 e. The number of hydrogen-bond donors (Lipinski definition) is 1. The van der Waals surface area contributed by atoms with E-state index in [9.17, 15) is 14.4 Å². The fraction of sp³-hybridized carbons (Fsp3) is 0.154. The maximum absolute atomic E-state index is 11.3. The highest BCUT2D eigenvalue weighted by Gasteiger charge is 2.13. The summed E-state index contributed by atoms with van der Waals surface area (Å²) in [6, 6.07) is 4.91. The van der Waals surface area contributed by atoms with Crippen LogP contribution in [0.5, 0.6) is 0 Å². The fourth-order valence-corrected chi connectivity index (χ4v) is 1.67. The van der Waals surface area contributed by atoms with Gasteiger partial charge in [-0.2, -0.15) is 0 Å². The third-order valence-corrected chi connectivity index (χ3v) is 2.52. The molecule has 0 atom stereocenters. The maximum atomic E-state index is 11.3. The lowest BCUT2D eigenvalue weighted by atomic mass is 10.3. The minimum absolute atomic E-state index is 0.268. The van der Waals surface area contributed by atoms with Crippen molar-refractivity contribution in [2.24, 2.45) is 0 Å². The third kappa shape index (κ3) is 3.14. The zero-order valence-corrected chi connectivity index (χ0v) is 10.7. The van der Waals surface area contributed by atoms with E-state index in [2.05, 4.69) is 10.1 Å². The van der Waals surface area contributed by atoms with Crippen molar-refractivity contribution in [3.05, 3.63) is 42.1 Å². The van der Waals surface area contributed by atoms with Gasteiger partial charge in [0.1, 0.15) is 5.76 Å². The van der Waals surface area contributed by atoms with Crippen molar-refractivity contribution in [3.8, 4) is 0 Å². The van der Waals surface area contributed by atoms with Gasteiger partial charge in [-0.15, -0.1) is 0 Å². The molecule has 0 aliphatic heterocycles. The summed E-state index contributed by atoms with van der Waals surface area (Å²) in [7, 11) is 0. The maximum Gasteiger partial charge on any atom is 0.419 e. The molecule has 0 bridgehead atoms. The number of rotatable bonds is 4. The van der Waals surface area contributed by atoms with Gasteiger partial charge >= 0.3 is 12.1 Å². The number of nitrogens with one attached hydrogen (secondary N) is 1. The Kier molecular flexibility index (Phi) is 3.99. The summed E-state index contributed by atoms with van der Waals surface area (Å²) in [6.45, 7) is 1.40. The van der Waals surface area contributed by atoms with Crippen molar-refractivity contribution in [2.45, 2.75) is 13.5 Å². The topological polar surface area (TPSA) is 90.5 Å². The largest absolute Gasteiger partial charge is 0.465 e. The Morgan fingerprint density at radius 3 is 2.95 bits per heavy atom. The molecule has 0 spiro atoms. The molecule has 7 nitrogen and oxygen atoms in total. The van der Waals surface area contributed by atoms with Crippen molar-refractivity contribution >= 4 is 24.0 Å². The Balaban J connectivity index is 2.11. The van der Waals surface area contributed by atoms with Crippen molar-refractivity contribution in [1.29, 1.82) is 0 Å². The first-order chi connectivity index (χ1) is 9.60. The Labute approximate surface area is 114 Å². The van der Waals surface area contributed by atoms with E-state index in [-0.39, 0.29) is 6.54 Å². The van der Waals surface area contributed by atoms with Crippen LogP contribution in [-0.4, -0.2) is 22.9 Å². The standard InChI is InChI=1S/C13H12N2O5/c1-9(17)20-13(18)14-11-4-6-19-12(11)7-15-5-2-3-10(15)8-16/h2-6,8H,7H2,1H3,(H,14,18). The smallest absolute Gasteiger partial charge is 0.419 e. The number of anilines is 1. The highest BCUT2D eigenvalue weighted by Crippen LogP contribution is 2.19. The van der Waals surface area contributed by atoms with Crippen LogP contribution >= 0.6 is 0 Å². The first-order valence-electron chi connectivity index (χ1n) is 5.76. The molecule has 0 aromatic carbocycles. The van der Waals surface area contributed by atoms with Crippen LogP contribution in [0, 0.1) is 0 Å². The van der Waals surface area contributed by atoms with Crippen LogP contribution in [0.3, 0.4) is 0 Å². The summed E-state index contributed by atoms with van der Waals surface area (Å²) in [6.07, 6.45) is 2.94. The van der Waals surface area contributed by atoms with Gasteiger partial charge in [0.2, 0.25) is 0 Å². The molecule has 2 rings (SSSR count). The van der Waals surface area contributed by atoms with Crippen LogP contribution in [0.4, 0.5) is 10.5 Å². The first-order valence-corrected chi connectivity index (χ1v) is 5.76. The first kappa shape index (κ1) is 13.6. The fourth-order valence-electron chi connectivity index (χ4n) is 1.67. The summed E-state index contributed by atoms with van der Waals surface area (Å²) in [4.78, 5) is 32.8. The number of hydrogen-bond acceptors (Lipinski definition) is 5. The number of aromatic nitrogens is 1. The number of carbonyl (C=O) groups is 3. The molecule has 0 unspecified atom stereocenters. The Hall–Kier alpha value is -2.83. The van der Waals surface area contributed by atoms with Crippen molar-refractivity contribution in [1.82, 2.24) is 4.57 Å². The van der Waals surface area contributed by atoms with Crippen LogP contribution < -0.4 is 5.32 Å². The van der Waals surface area contributed by atoms with Gasteiger partial charge in [0.15, 0.2) is 6.29 Å². The number of aldehydes is 1. The molecule has 7 heteroatoms. The van der Waals surface area contributed by atoms with E-state index in [1.165, 1.54) is 12.3 Å². The highest BCUT2D eigenvalue weighted by molar-refractivity contribution is 5.92. The van der Waals surface area contributed by atoms with Gasteiger partial charge in [-0.3, -0.25) is 14.9 Å². The van der Waals surface area contributed by atoms with Crippen molar-refractivity contribution < 1.29 is 23.5 Å². The normalized spacial score (nSPS) is 10.1. The van der Waals surface area contributed by atoms with E-state index in [0.29, 0.717) is 17.1 Å². The highest BCUT2D eigenvalue weighted by atomic mass is 16.6. The predicted molar refractivity (Wildman–Crippen MR) is 68.4 cm³/mol. The molecule has 20 heavy (non-hydrogen) atoms. The molecule has 0 radical (unpaired) electrons. The number of amides is 1. The molecule has 0 saturated heterocycles. The quantitative estimate of drug-likeness (QED) is 0.524. The zero-order valence-electron chi connectivity index (χ0n) is 10.7. The summed E-state index contributed by atoms with van der Waals surface area (Å²) in [5.41, 5.74) is 0.862. The van der Waals surface area contributed by atoms with Gasteiger partial charge in [0.05, 0.1) is 24.2 Å². The molecular formula is C13H12N2O5. The molecule has 2 aromatic rings. The van der Waals surface area contributed by atoms with Crippen LogP contribution in [0.25, 0.3) is 0 Å². The summed E-state index contributed by atoms with van der Waals surface area (Å²) < 4.78 is 11.3. The lowest BCUT2D eigenvalue weighted by molar-refractivity contribution is -0.134. The second-order valence-electron chi connectivity index (χ2n) is 3.94. The Bertz CT molecular complexity index is 641. The van der Waals surface area contributed by atoms with Gasteiger partial charge in [0.25, 0.3) is 0 Å². The van der Waals surface area contributed by atoms with Crippen molar-refractivity contribution in [2.75, 3.05) is 5.32 Å².